The maximum absolute atomic E-state index is 5.39. The van der Waals surface area contributed by atoms with Gasteiger partial charge in [0.25, 0.3) is 0 Å². The van der Waals surface area contributed by atoms with Crippen LogP contribution in [0.1, 0.15) is 0 Å². The lowest BCUT2D eigenvalue weighted by Crippen LogP contribution is -1.96. The Hall–Kier alpha value is -9.64. The van der Waals surface area contributed by atoms with Gasteiger partial charge in [-0.3, -0.25) is 0 Å². The number of para-hydroxylation sites is 2. The summed E-state index contributed by atoms with van der Waals surface area (Å²) < 4.78 is 0. The first-order chi connectivity index (χ1) is 35.7. The minimum Gasteiger partial charge on any atom is -0.228 e. The molecule has 14 aromatic rings. The molecule has 0 aliphatic rings. The molecule has 0 fully saturated rings. The summed E-state index contributed by atoms with van der Waals surface area (Å²) in [4.78, 5) is 21.1. The van der Waals surface area contributed by atoms with Crippen LogP contribution in [-0.2, 0) is 0 Å². The molecule has 0 bridgehead atoms. The summed E-state index contributed by atoms with van der Waals surface area (Å²) in [5.41, 5.74) is 14.3. The Labute approximate surface area is 416 Å². The fourth-order valence-corrected chi connectivity index (χ4v) is 10.8. The van der Waals surface area contributed by atoms with Crippen molar-refractivity contribution < 1.29 is 0 Å². The van der Waals surface area contributed by atoms with Gasteiger partial charge in [0.15, 0.2) is 11.6 Å². The molecule has 14 rings (SSSR count). The summed E-state index contributed by atoms with van der Waals surface area (Å²) in [6.07, 6.45) is 0. The largest absolute Gasteiger partial charge is 0.228 e. The zero-order chi connectivity index (χ0) is 47.5. The second-order valence-electron chi connectivity index (χ2n) is 18.5. The molecule has 0 amide bonds. The Morgan fingerprint density at radius 1 is 0.194 bits per heavy atom. The van der Waals surface area contributed by atoms with E-state index >= 15 is 0 Å². The van der Waals surface area contributed by atoms with Crippen molar-refractivity contribution in [2.75, 3.05) is 0 Å². The fourth-order valence-electron chi connectivity index (χ4n) is 10.8. The molecular formula is C68H42N4. The van der Waals surface area contributed by atoms with Crippen molar-refractivity contribution in [3.8, 4) is 78.7 Å². The van der Waals surface area contributed by atoms with Gasteiger partial charge in [-0.05, 0) is 125 Å². The molecule has 2 aromatic heterocycles. The molecule has 0 saturated heterocycles. The van der Waals surface area contributed by atoms with Crippen molar-refractivity contribution in [1.82, 2.24) is 19.9 Å². The van der Waals surface area contributed by atoms with Gasteiger partial charge in [-0.2, -0.15) is 0 Å². The molecule has 0 atom stereocenters. The smallest absolute Gasteiger partial charge is 0.160 e. The first kappa shape index (κ1) is 41.3. The normalized spacial score (nSPS) is 11.6. The highest BCUT2D eigenvalue weighted by molar-refractivity contribution is 6.15. The van der Waals surface area contributed by atoms with Gasteiger partial charge < -0.3 is 0 Å². The number of hydrogen-bond acceptors (Lipinski definition) is 4. The van der Waals surface area contributed by atoms with Crippen molar-refractivity contribution in [2.24, 2.45) is 0 Å². The third kappa shape index (κ3) is 7.16. The molecule has 4 nitrogen and oxygen atoms in total. The number of nitrogens with zero attached hydrogens (tertiary/aromatic N) is 4. The van der Waals surface area contributed by atoms with E-state index in [2.05, 4.69) is 243 Å². The minimum absolute atomic E-state index is 0.675. The Balaban J connectivity index is 0.841. The van der Waals surface area contributed by atoms with Crippen LogP contribution < -0.4 is 0 Å². The van der Waals surface area contributed by atoms with Crippen molar-refractivity contribution in [1.29, 1.82) is 0 Å². The highest BCUT2D eigenvalue weighted by Gasteiger charge is 2.18. The second-order valence-corrected chi connectivity index (χ2v) is 18.5. The van der Waals surface area contributed by atoms with E-state index in [1.165, 1.54) is 54.2 Å². The zero-order valence-corrected chi connectivity index (χ0v) is 39.0. The molecule has 2 heterocycles. The van der Waals surface area contributed by atoms with Crippen LogP contribution in [0.2, 0.25) is 0 Å². The van der Waals surface area contributed by atoms with Gasteiger partial charge in [-0.15, -0.1) is 0 Å². The standard InChI is InChI=1S/C68H42N4/c1-3-27-53-47(17-1)41-61(57-31-7-5-29-55(53)57)45-21-15-24-50(39-45)66-60-34-10-12-36-64(60)69-67(72-66)51-25-14-20-44(38-51)43-19-13-23-49(37-43)65-59-33-9-11-35-63(59)70-68(71-65)52-26-16-22-46(40-52)62-42-48-18-2-4-28-54(48)56-30-6-8-32-58(56)62/h1-42H. The summed E-state index contributed by atoms with van der Waals surface area (Å²) in [5.74, 6) is 1.36. The average molecular weight is 915 g/mol. The van der Waals surface area contributed by atoms with E-state index in [0.717, 1.165) is 77.7 Å². The number of benzene rings is 12. The SMILES string of the molecule is c1cc(-c2cccc(-c3nc(-c4cccc(-c5cc6ccccc6c6ccccc56)c4)nc4ccccc34)c2)cc(-c2nc(-c3cccc(-c4cc5ccccc5c5ccccc45)c3)c3ccccc3n2)c1. The number of aromatic nitrogens is 4. The van der Waals surface area contributed by atoms with Crippen LogP contribution in [0.3, 0.4) is 0 Å². The molecule has 0 spiro atoms. The molecule has 0 aliphatic carbocycles. The van der Waals surface area contributed by atoms with Gasteiger partial charge >= 0.3 is 0 Å². The second kappa shape index (κ2) is 17.1. The number of rotatable bonds is 7. The van der Waals surface area contributed by atoms with E-state index in [4.69, 9.17) is 19.9 Å². The van der Waals surface area contributed by atoms with E-state index in [-0.39, 0.29) is 0 Å². The Bertz CT molecular complexity index is 4480. The summed E-state index contributed by atoms with van der Waals surface area (Å²) >= 11 is 0. The van der Waals surface area contributed by atoms with Crippen LogP contribution in [0.5, 0.6) is 0 Å². The monoisotopic (exact) mass is 914 g/mol. The summed E-state index contributed by atoms with van der Waals surface area (Å²) in [6, 6.07) is 90.6. The number of fused-ring (bicyclic) bond motifs is 8. The van der Waals surface area contributed by atoms with Gasteiger partial charge in [-0.1, -0.05) is 206 Å². The third-order valence-corrected chi connectivity index (χ3v) is 14.2. The van der Waals surface area contributed by atoms with E-state index < -0.39 is 0 Å². The highest BCUT2D eigenvalue weighted by Crippen LogP contribution is 2.40. The van der Waals surface area contributed by atoms with Crippen LogP contribution in [0, 0.1) is 0 Å². The van der Waals surface area contributed by atoms with Crippen molar-refractivity contribution in [3.63, 3.8) is 0 Å². The maximum Gasteiger partial charge on any atom is 0.160 e. The first-order valence-electron chi connectivity index (χ1n) is 24.4. The van der Waals surface area contributed by atoms with Crippen LogP contribution >= 0.6 is 0 Å². The quantitative estimate of drug-likeness (QED) is 0.150. The van der Waals surface area contributed by atoms with Gasteiger partial charge in [0.1, 0.15) is 0 Å². The van der Waals surface area contributed by atoms with Crippen molar-refractivity contribution >= 4 is 64.9 Å². The third-order valence-electron chi connectivity index (χ3n) is 14.2. The predicted molar refractivity (Wildman–Crippen MR) is 301 cm³/mol. The lowest BCUT2D eigenvalue weighted by atomic mass is 9.92. The molecule has 72 heavy (non-hydrogen) atoms. The molecule has 12 aromatic carbocycles. The van der Waals surface area contributed by atoms with Crippen LogP contribution in [0.15, 0.2) is 255 Å². The maximum atomic E-state index is 5.39. The van der Waals surface area contributed by atoms with Crippen LogP contribution in [0.25, 0.3) is 144 Å². The lowest BCUT2D eigenvalue weighted by Gasteiger charge is -2.14. The molecule has 0 aliphatic heterocycles. The first-order valence-corrected chi connectivity index (χ1v) is 24.4. The van der Waals surface area contributed by atoms with E-state index in [1.807, 2.05) is 12.1 Å². The molecule has 0 radical (unpaired) electrons. The molecular weight excluding hydrogens is 873 g/mol. The summed E-state index contributed by atoms with van der Waals surface area (Å²) in [6.45, 7) is 0. The summed E-state index contributed by atoms with van der Waals surface area (Å²) in [7, 11) is 0. The average Bonchev–Trinajstić information content (AvgIpc) is 3.46. The van der Waals surface area contributed by atoms with Crippen LogP contribution in [-0.4, -0.2) is 19.9 Å². The van der Waals surface area contributed by atoms with E-state index in [9.17, 15) is 0 Å². The van der Waals surface area contributed by atoms with Crippen LogP contribution in [0.4, 0.5) is 0 Å². The Morgan fingerprint density at radius 3 is 0.986 bits per heavy atom. The topological polar surface area (TPSA) is 51.6 Å². The van der Waals surface area contributed by atoms with Gasteiger partial charge in [-0.25, -0.2) is 19.9 Å². The lowest BCUT2D eigenvalue weighted by molar-refractivity contribution is 1.23. The van der Waals surface area contributed by atoms with E-state index in [0.29, 0.717) is 11.6 Å². The number of hydrogen-bond donors (Lipinski definition) is 0. The van der Waals surface area contributed by atoms with Gasteiger partial charge in [0, 0.05) is 33.0 Å². The highest BCUT2D eigenvalue weighted by atomic mass is 14.9. The zero-order valence-electron chi connectivity index (χ0n) is 39.0. The fraction of sp³-hybridized carbons (Fsp3) is 0. The van der Waals surface area contributed by atoms with Crippen molar-refractivity contribution in [2.45, 2.75) is 0 Å². The minimum atomic E-state index is 0.675. The molecule has 4 heteroatoms. The van der Waals surface area contributed by atoms with Gasteiger partial charge in [0.05, 0.1) is 22.4 Å². The Kier molecular flexibility index (Phi) is 9.82. The van der Waals surface area contributed by atoms with Gasteiger partial charge in [0.2, 0.25) is 0 Å². The summed E-state index contributed by atoms with van der Waals surface area (Å²) in [5, 5.41) is 11.9. The predicted octanol–water partition coefficient (Wildman–Crippen LogP) is 17.9. The van der Waals surface area contributed by atoms with Crippen molar-refractivity contribution in [3.05, 3.63) is 255 Å². The molecule has 334 valence electrons. The molecule has 0 saturated carbocycles. The molecule has 0 N–H and O–H groups in total. The molecule has 0 unspecified atom stereocenters. The Morgan fingerprint density at radius 2 is 0.514 bits per heavy atom. The van der Waals surface area contributed by atoms with E-state index in [1.54, 1.807) is 0 Å².